The zero-order chi connectivity index (χ0) is 10.3. The van der Waals surface area contributed by atoms with Gasteiger partial charge in [0, 0.05) is 6.20 Å². The molecule has 0 aliphatic heterocycles. The molecule has 0 aliphatic rings. The molecule has 1 N–H and O–H groups in total. The van der Waals surface area contributed by atoms with Gasteiger partial charge in [0.1, 0.15) is 0 Å². The third-order valence-electron chi connectivity index (χ3n) is 2.25. The number of nitrogens with zero attached hydrogens (tertiary/aromatic N) is 2. The Morgan fingerprint density at radius 2 is 2.27 bits per heavy atom. The van der Waals surface area contributed by atoms with Gasteiger partial charge in [0.05, 0.1) is 5.39 Å². The van der Waals surface area contributed by atoms with E-state index in [2.05, 4.69) is 15.2 Å². The minimum atomic E-state index is -0.501. The van der Waals surface area contributed by atoms with Gasteiger partial charge in [-0.15, -0.1) is 5.10 Å². The van der Waals surface area contributed by atoms with Crippen molar-refractivity contribution in [2.75, 3.05) is 0 Å². The molecule has 0 amide bonds. The van der Waals surface area contributed by atoms with Crippen molar-refractivity contribution >= 4 is 22.4 Å². The van der Waals surface area contributed by atoms with Crippen LogP contribution in [0, 0.1) is 5.95 Å². The normalized spacial score (nSPS) is 11.0. The van der Waals surface area contributed by atoms with Crippen molar-refractivity contribution in [3.63, 3.8) is 0 Å². The molecule has 0 radical (unpaired) electrons. The van der Waals surface area contributed by atoms with Crippen LogP contribution in [0.3, 0.4) is 0 Å². The average Bonchev–Trinajstić information content (AvgIpc) is 2.88. The minimum Gasteiger partial charge on any atom is -0.258 e. The van der Waals surface area contributed by atoms with Crippen LogP contribution in [0.5, 0.6) is 0 Å². The van der Waals surface area contributed by atoms with Gasteiger partial charge in [-0.1, -0.05) is 0 Å². The number of aromatic nitrogens is 3. The van der Waals surface area contributed by atoms with Crippen molar-refractivity contribution < 1.29 is 4.39 Å². The van der Waals surface area contributed by atoms with Crippen LogP contribution in [0.2, 0.25) is 0 Å². The molecule has 3 nitrogen and oxygen atoms in total. The molecular weight excluding hydrogens is 213 g/mol. The van der Waals surface area contributed by atoms with E-state index >= 15 is 0 Å². The summed E-state index contributed by atoms with van der Waals surface area (Å²) < 4.78 is 13.4. The lowest BCUT2D eigenvalue weighted by Crippen LogP contribution is -1.81. The average molecular weight is 219 g/mol. The Morgan fingerprint density at radius 3 is 3.07 bits per heavy atom. The zero-order valence-corrected chi connectivity index (χ0v) is 8.38. The highest BCUT2D eigenvalue weighted by Crippen LogP contribution is 2.29. The number of hydrogen-bond acceptors (Lipinski definition) is 3. The first-order chi connectivity index (χ1) is 7.36. The molecule has 0 aliphatic carbocycles. The largest absolute Gasteiger partial charge is 0.258 e. The lowest BCUT2D eigenvalue weighted by molar-refractivity contribution is 0.588. The lowest BCUT2D eigenvalue weighted by Gasteiger charge is -1.98. The smallest absolute Gasteiger partial charge is 0.242 e. The number of pyridine rings is 1. The standard InChI is InChI=1S/C10H6FN3S/c11-9-8-7(6-2-4-15-5-6)1-3-12-10(8)14-13-9/h1-5H,(H,12,13,14). The molecule has 0 fully saturated rings. The van der Waals surface area contributed by atoms with E-state index in [1.807, 2.05) is 16.8 Å². The number of nitrogens with one attached hydrogen (secondary N) is 1. The summed E-state index contributed by atoms with van der Waals surface area (Å²) >= 11 is 1.58. The van der Waals surface area contributed by atoms with Crippen molar-refractivity contribution in [3.8, 4) is 11.1 Å². The van der Waals surface area contributed by atoms with Gasteiger partial charge in [0.25, 0.3) is 0 Å². The molecule has 0 spiro atoms. The summed E-state index contributed by atoms with van der Waals surface area (Å²) in [5.41, 5.74) is 2.30. The zero-order valence-electron chi connectivity index (χ0n) is 7.57. The molecule has 5 heteroatoms. The highest BCUT2D eigenvalue weighted by molar-refractivity contribution is 7.08. The Bertz CT molecular complexity index is 600. The van der Waals surface area contributed by atoms with Gasteiger partial charge in [-0.25, -0.2) is 4.98 Å². The lowest BCUT2D eigenvalue weighted by atomic mass is 10.1. The second kappa shape index (κ2) is 3.13. The van der Waals surface area contributed by atoms with Gasteiger partial charge in [-0.3, -0.25) is 5.10 Å². The monoisotopic (exact) mass is 219 g/mol. The van der Waals surface area contributed by atoms with Crippen LogP contribution in [0.1, 0.15) is 0 Å². The second-order valence-electron chi connectivity index (χ2n) is 3.11. The van der Waals surface area contributed by atoms with E-state index < -0.39 is 5.95 Å². The third-order valence-corrected chi connectivity index (χ3v) is 2.93. The van der Waals surface area contributed by atoms with Crippen LogP contribution in [0.25, 0.3) is 22.2 Å². The predicted octanol–water partition coefficient (Wildman–Crippen LogP) is 2.83. The molecule has 3 aromatic rings. The van der Waals surface area contributed by atoms with E-state index in [1.54, 1.807) is 23.6 Å². The number of halogens is 1. The van der Waals surface area contributed by atoms with E-state index in [1.165, 1.54) is 0 Å². The van der Waals surface area contributed by atoms with Crippen LogP contribution in [-0.2, 0) is 0 Å². The Morgan fingerprint density at radius 1 is 1.33 bits per heavy atom. The summed E-state index contributed by atoms with van der Waals surface area (Å²) in [7, 11) is 0. The molecule has 0 saturated carbocycles. The van der Waals surface area contributed by atoms with E-state index in [4.69, 9.17) is 0 Å². The van der Waals surface area contributed by atoms with Crippen LogP contribution >= 0.6 is 11.3 Å². The van der Waals surface area contributed by atoms with Gasteiger partial charge in [0.2, 0.25) is 5.95 Å². The van der Waals surface area contributed by atoms with Crippen molar-refractivity contribution in [1.82, 2.24) is 15.2 Å². The molecular formula is C10H6FN3S. The summed E-state index contributed by atoms with van der Waals surface area (Å²) in [4.78, 5) is 4.02. The molecule has 15 heavy (non-hydrogen) atoms. The number of H-pyrrole nitrogens is 1. The van der Waals surface area contributed by atoms with E-state index in [-0.39, 0.29) is 0 Å². The molecule has 0 bridgehead atoms. The van der Waals surface area contributed by atoms with Gasteiger partial charge in [-0.05, 0) is 34.0 Å². The number of thiophene rings is 1. The fourth-order valence-electron chi connectivity index (χ4n) is 1.57. The van der Waals surface area contributed by atoms with Crippen LogP contribution in [0.15, 0.2) is 29.1 Å². The highest BCUT2D eigenvalue weighted by atomic mass is 32.1. The summed E-state index contributed by atoms with van der Waals surface area (Å²) in [6, 6.07) is 3.74. The maximum atomic E-state index is 13.4. The van der Waals surface area contributed by atoms with Crippen LogP contribution in [0.4, 0.5) is 4.39 Å². The molecule has 0 aromatic carbocycles. The molecule has 3 rings (SSSR count). The van der Waals surface area contributed by atoms with Gasteiger partial charge < -0.3 is 0 Å². The van der Waals surface area contributed by atoms with E-state index in [9.17, 15) is 4.39 Å². The van der Waals surface area contributed by atoms with Gasteiger partial charge >= 0.3 is 0 Å². The fourth-order valence-corrected chi connectivity index (χ4v) is 2.23. The Balaban J connectivity index is 2.39. The van der Waals surface area contributed by atoms with Gasteiger partial charge in [-0.2, -0.15) is 15.7 Å². The number of aromatic amines is 1. The SMILES string of the molecule is Fc1n[nH]c2nccc(-c3ccsc3)c12. The summed E-state index contributed by atoms with van der Waals surface area (Å²) in [6.45, 7) is 0. The van der Waals surface area contributed by atoms with Gasteiger partial charge in [0.15, 0.2) is 5.65 Å². The molecule has 3 aromatic heterocycles. The third kappa shape index (κ3) is 1.24. The molecule has 0 saturated heterocycles. The second-order valence-corrected chi connectivity index (χ2v) is 3.89. The first-order valence-corrected chi connectivity index (χ1v) is 5.31. The predicted molar refractivity (Wildman–Crippen MR) is 57.2 cm³/mol. The number of rotatable bonds is 1. The summed E-state index contributed by atoms with van der Waals surface area (Å²) in [6.07, 6.45) is 1.65. The van der Waals surface area contributed by atoms with Crippen LogP contribution in [-0.4, -0.2) is 15.2 Å². The maximum Gasteiger partial charge on any atom is 0.242 e. The van der Waals surface area contributed by atoms with E-state index in [0.29, 0.717) is 11.0 Å². The van der Waals surface area contributed by atoms with Crippen molar-refractivity contribution in [1.29, 1.82) is 0 Å². The van der Waals surface area contributed by atoms with E-state index in [0.717, 1.165) is 11.1 Å². The minimum absolute atomic E-state index is 0.455. The molecule has 0 unspecified atom stereocenters. The maximum absolute atomic E-state index is 13.4. The molecule has 3 heterocycles. The topological polar surface area (TPSA) is 41.6 Å². The molecule has 0 atom stereocenters. The summed E-state index contributed by atoms with van der Waals surface area (Å²) in [5, 5.41) is 10.5. The highest BCUT2D eigenvalue weighted by Gasteiger charge is 2.12. The van der Waals surface area contributed by atoms with Crippen molar-refractivity contribution in [3.05, 3.63) is 35.0 Å². The Hall–Kier alpha value is -1.75. The molecule has 74 valence electrons. The number of fused-ring (bicyclic) bond motifs is 1. The Kier molecular flexibility index (Phi) is 1.78. The van der Waals surface area contributed by atoms with Crippen LogP contribution < -0.4 is 0 Å². The summed E-state index contributed by atoms with van der Waals surface area (Å²) in [5.74, 6) is -0.501. The fraction of sp³-hybridized carbons (Fsp3) is 0. The van der Waals surface area contributed by atoms with Crippen molar-refractivity contribution in [2.45, 2.75) is 0 Å². The Labute approximate surface area is 88.6 Å². The van der Waals surface area contributed by atoms with Crippen molar-refractivity contribution in [2.24, 2.45) is 0 Å². The first-order valence-electron chi connectivity index (χ1n) is 4.37. The first kappa shape index (κ1) is 8.55. The number of hydrogen-bond donors (Lipinski definition) is 1. The quantitative estimate of drug-likeness (QED) is 0.683.